The van der Waals surface area contributed by atoms with Gasteiger partial charge in [0.15, 0.2) is 34.7 Å². The van der Waals surface area contributed by atoms with Crippen LogP contribution in [0.1, 0.15) is 29.3 Å². The molecule has 10 nitrogen and oxygen atoms in total. The number of phenols is 1. The molecule has 3 aliphatic rings. The van der Waals surface area contributed by atoms with Crippen molar-refractivity contribution in [3.05, 3.63) is 29.3 Å². The molecule has 0 aliphatic heterocycles. The Morgan fingerprint density at radius 3 is 2.28 bits per heavy atom. The second-order valence-electron chi connectivity index (χ2n) is 9.28. The smallest absolute Gasteiger partial charge is 0.235 e. The van der Waals surface area contributed by atoms with Crippen LogP contribution in [0.2, 0.25) is 0 Å². The predicted molar refractivity (Wildman–Crippen MR) is 107 cm³/mol. The summed E-state index contributed by atoms with van der Waals surface area (Å²) < 4.78 is 0. The molecule has 0 spiro atoms. The van der Waals surface area contributed by atoms with Gasteiger partial charge in [0.25, 0.3) is 0 Å². The van der Waals surface area contributed by atoms with Crippen LogP contribution in [0.4, 0.5) is 0 Å². The van der Waals surface area contributed by atoms with Crippen molar-refractivity contribution in [2.24, 2.45) is 29.4 Å². The van der Waals surface area contributed by atoms with E-state index in [1.165, 1.54) is 44.1 Å². The molecule has 0 saturated heterocycles. The van der Waals surface area contributed by atoms with E-state index in [9.17, 15) is 39.3 Å². The topological polar surface area (TPSA) is 175 Å². The third kappa shape index (κ3) is 2.54. The van der Waals surface area contributed by atoms with Gasteiger partial charge < -0.3 is 21.1 Å². The minimum absolute atomic E-state index is 0.117. The molecule has 7 atom stereocenters. The number of aliphatic hydroxyl groups is 2. The fourth-order valence-corrected chi connectivity index (χ4v) is 5.88. The first-order valence-electron chi connectivity index (χ1n) is 10.2. The fraction of sp³-hybridized carbons (Fsp3) is 0.500. The van der Waals surface area contributed by atoms with E-state index in [-0.39, 0.29) is 17.5 Å². The number of carbonyl (C=O) groups excluding carboxylic acids is 5. The Bertz CT molecular complexity index is 1090. The summed E-state index contributed by atoms with van der Waals surface area (Å²) >= 11 is 0. The van der Waals surface area contributed by atoms with Crippen molar-refractivity contribution in [1.82, 2.24) is 4.90 Å². The molecule has 0 bridgehead atoms. The number of fused-ring (bicyclic) bond motifs is 3. The first kappa shape index (κ1) is 22.3. The Balaban J connectivity index is 1.95. The van der Waals surface area contributed by atoms with E-state index >= 15 is 0 Å². The van der Waals surface area contributed by atoms with E-state index in [1.54, 1.807) is 0 Å². The number of likely N-dealkylation sites (N-methyl/N-ethyl adjacent to an activating group) is 1. The fourth-order valence-electron chi connectivity index (χ4n) is 5.88. The van der Waals surface area contributed by atoms with Crippen molar-refractivity contribution in [2.75, 3.05) is 14.1 Å². The number of primary amides is 1. The van der Waals surface area contributed by atoms with Crippen molar-refractivity contribution in [3.63, 3.8) is 0 Å². The number of carbonyl (C=O) groups is 5. The van der Waals surface area contributed by atoms with E-state index < -0.39 is 75.7 Å². The molecule has 0 unspecified atom stereocenters. The van der Waals surface area contributed by atoms with Crippen LogP contribution in [0.5, 0.6) is 5.75 Å². The number of rotatable bonds is 2. The lowest BCUT2D eigenvalue weighted by Gasteiger charge is -2.55. The number of nitrogens with zero attached hydrogens (tertiary/aromatic N) is 1. The minimum Gasteiger partial charge on any atom is -0.507 e. The number of hydrogen-bond acceptors (Lipinski definition) is 9. The third-order valence-corrected chi connectivity index (χ3v) is 7.38. The number of aromatic hydroxyl groups is 1. The number of nitrogens with two attached hydrogens (primary N) is 1. The van der Waals surface area contributed by atoms with Crippen molar-refractivity contribution in [2.45, 2.75) is 30.6 Å². The molecule has 170 valence electrons. The Morgan fingerprint density at radius 2 is 1.72 bits per heavy atom. The van der Waals surface area contributed by atoms with Gasteiger partial charge in [-0.1, -0.05) is 12.1 Å². The van der Waals surface area contributed by atoms with Crippen molar-refractivity contribution >= 4 is 29.0 Å². The quantitative estimate of drug-likeness (QED) is 0.397. The van der Waals surface area contributed by atoms with Crippen LogP contribution >= 0.6 is 0 Å². The summed E-state index contributed by atoms with van der Waals surface area (Å²) in [4.78, 5) is 66.4. The maximum atomic E-state index is 13.6. The molecule has 10 heteroatoms. The lowest BCUT2D eigenvalue weighted by atomic mass is 9.49. The van der Waals surface area contributed by atoms with E-state index in [1.807, 2.05) is 0 Å². The number of ketones is 4. The molecule has 1 aromatic carbocycles. The van der Waals surface area contributed by atoms with Crippen LogP contribution < -0.4 is 5.73 Å². The van der Waals surface area contributed by atoms with E-state index in [4.69, 9.17) is 5.73 Å². The van der Waals surface area contributed by atoms with Crippen LogP contribution in [-0.2, 0) is 24.8 Å². The van der Waals surface area contributed by atoms with Gasteiger partial charge in [-0.25, -0.2) is 0 Å². The summed E-state index contributed by atoms with van der Waals surface area (Å²) in [7, 11) is 2.98. The molecule has 0 aromatic heterocycles. The lowest BCUT2D eigenvalue weighted by molar-refractivity contribution is -0.188. The predicted octanol–water partition coefficient (Wildman–Crippen LogP) is -1.47. The van der Waals surface area contributed by atoms with Crippen LogP contribution in [0, 0.1) is 23.7 Å². The zero-order chi connectivity index (χ0) is 23.9. The standard InChI is InChI=1S/C22H24N2O8/c1-21(31)8-5-4-6-11(25)12(8)16(26)13-9(21)7-10-15(24(2)3)17(27)14(20(23)30)19(29)22(10,32)18(13)28/h4-6,9-10,13-15,25,31-32H,7H2,1-3H3,(H2,23,30)/t9-,10-,13+,14+,15-,21+,22-/m0/s1. The second-order valence-corrected chi connectivity index (χ2v) is 9.28. The van der Waals surface area contributed by atoms with Gasteiger partial charge in [0, 0.05) is 11.8 Å². The minimum atomic E-state index is -2.82. The highest BCUT2D eigenvalue weighted by molar-refractivity contribution is 6.32. The van der Waals surface area contributed by atoms with Gasteiger partial charge in [0.2, 0.25) is 5.91 Å². The second kappa shape index (κ2) is 6.77. The van der Waals surface area contributed by atoms with E-state index in [2.05, 4.69) is 0 Å². The SMILES string of the molecule is CN(C)[C@@H]1C(=O)[C@@H](C(N)=O)C(=O)[C@@]2(O)C(=O)[C@H]3C(=O)c4c(O)cccc4[C@@](C)(O)[C@H]3C[C@@H]12. The van der Waals surface area contributed by atoms with E-state index in [0.717, 1.165) is 0 Å². The Hall–Kier alpha value is -2.95. The third-order valence-electron chi connectivity index (χ3n) is 7.38. The molecule has 1 amide bonds. The van der Waals surface area contributed by atoms with Gasteiger partial charge in [-0.15, -0.1) is 0 Å². The molecule has 0 heterocycles. The first-order chi connectivity index (χ1) is 14.8. The van der Waals surface area contributed by atoms with Crippen LogP contribution in [0.15, 0.2) is 18.2 Å². The maximum Gasteiger partial charge on any atom is 0.235 e. The molecule has 1 aromatic rings. The zero-order valence-corrected chi connectivity index (χ0v) is 17.7. The molecule has 2 saturated carbocycles. The number of hydrogen-bond donors (Lipinski definition) is 4. The Morgan fingerprint density at radius 1 is 1.09 bits per heavy atom. The first-order valence-corrected chi connectivity index (χ1v) is 10.2. The molecule has 5 N–H and O–H groups in total. The largest absolute Gasteiger partial charge is 0.507 e. The molecule has 4 rings (SSSR count). The van der Waals surface area contributed by atoms with E-state index in [0.29, 0.717) is 0 Å². The van der Waals surface area contributed by atoms with Gasteiger partial charge in [0.1, 0.15) is 5.75 Å². The zero-order valence-electron chi connectivity index (χ0n) is 17.7. The van der Waals surface area contributed by atoms with Gasteiger partial charge >= 0.3 is 0 Å². The summed E-state index contributed by atoms with van der Waals surface area (Å²) in [6, 6.07) is 2.91. The van der Waals surface area contributed by atoms with Gasteiger partial charge in [-0.2, -0.15) is 0 Å². The van der Waals surface area contributed by atoms with Gasteiger partial charge in [-0.05, 0) is 39.1 Å². The number of amides is 1. The Kier molecular flexibility index (Phi) is 4.71. The summed E-state index contributed by atoms with van der Waals surface area (Å²) in [5, 5.41) is 33.1. The van der Waals surface area contributed by atoms with Crippen molar-refractivity contribution < 1.29 is 39.3 Å². The highest BCUT2D eigenvalue weighted by Gasteiger charge is 2.71. The van der Waals surface area contributed by atoms with Gasteiger partial charge in [-0.3, -0.25) is 28.9 Å². The molecular formula is C22H24N2O8. The number of Topliss-reactive ketones (excluding diaryl/α,β-unsaturated/α-hetero) is 4. The summed E-state index contributed by atoms with van der Waals surface area (Å²) in [5.41, 5.74) is 0.511. The average Bonchev–Trinajstić information content (AvgIpc) is 2.68. The summed E-state index contributed by atoms with van der Waals surface area (Å²) in [6.45, 7) is 1.39. The summed E-state index contributed by atoms with van der Waals surface area (Å²) in [5.74, 6) is -12.0. The number of phenolic OH excluding ortho intramolecular Hbond substituents is 1. The average molecular weight is 444 g/mol. The molecular weight excluding hydrogens is 420 g/mol. The van der Waals surface area contributed by atoms with Gasteiger partial charge in [0.05, 0.1) is 23.1 Å². The van der Waals surface area contributed by atoms with Crippen LogP contribution in [-0.4, -0.2) is 75.0 Å². The van der Waals surface area contributed by atoms with Crippen LogP contribution in [0.25, 0.3) is 0 Å². The maximum absolute atomic E-state index is 13.6. The summed E-state index contributed by atoms with van der Waals surface area (Å²) in [6.07, 6.45) is -0.230. The Labute approximate surface area is 183 Å². The highest BCUT2D eigenvalue weighted by atomic mass is 16.3. The lowest BCUT2D eigenvalue weighted by Crippen LogP contribution is -2.75. The van der Waals surface area contributed by atoms with Crippen molar-refractivity contribution in [1.29, 1.82) is 0 Å². The molecule has 3 aliphatic carbocycles. The van der Waals surface area contributed by atoms with Crippen molar-refractivity contribution in [3.8, 4) is 5.75 Å². The molecule has 32 heavy (non-hydrogen) atoms. The normalized spacial score (nSPS) is 38.9. The monoisotopic (exact) mass is 444 g/mol. The molecule has 2 fully saturated rings. The molecule has 0 radical (unpaired) electrons. The van der Waals surface area contributed by atoms with Crippen LogP contribution in [0.3, 0.4) is 0 Å². The highest BCUT2D eigenvalue weighted by Crippen LogP contribution is 2.55. The number of benzene rings is 1.